The maximum Gasteiger partial charge on any atom is 0.187 e. The van der Waals surface area contributed by atoms with Crippen LogP contribution in [-0.4, -0.2) is 6.71 Å². The minimum atomic E-state index is 0.0926. The summed E-state index contributed by atoms with van der Waals surface area (Å²) in [7, 11) is 0. The van der Waals surface area contributed by atoms with Gasteiger partial charge in [-0.2, -0.15) is 5.26 Å². The van der Waals surface area contributed by atoms with Crippen LogP contribution in [0.3, 0.4) is 0 Å². The van der Waals surface area contributed by atoms with Gasteiger partial charge in [0, 0.05) is 5.82 Å². The summed E-state index contributed by atoms with van der Waals surface area (Å²) in [5, 5.41) is 8.53. The predicted molar refractivity (Wildman–Crippen MR) is 39.3 cm³/mol. The molecule has 0 spiro atoms. The molecule has 0 bridgehead atoms. The second-order valence-corrected chi connectivity index (χ2v) is 2.28. The fraction of sp³-hybridized carbons (Fsp3) is 0.286. The molecule has 0 N–H and O–H groups in total. The van der Waals surface area contributed by atoms with Crippen molar-refractivity contribution in [3.63, 3.8) is 0 Å². The zero-order valence-corrected chi connectivity index (χ0v) is 5.41. The molecule has 0 aromatic heterocycles. The van der Waals surface area contributed by atoms with Gasteiger partial charge in [-0.1, -0.05) is 25.1 Å². The molecule has 44 valence electrons. The van der Waals surface area contributed by atoms with Gasteiger partial charge in [0.05, 0.1) is 6.07 Å². The molecule has 0 aromatic rings. The van der Waals surface area contributed by atoms with Crippen molar-refractivity contribution in [2.24, 2.45) is 0 Å². The molecule has 0 saturated heterocycles. The minimum absolute atomic E-state index is 0.0926. The Labute approximate surface area is 55.8 Å². The highest BCUT2D eigenvalue weighted by Crippen LogP contribution is 2.15. The molecule has 1 aliphatic heterocycles. The van der Waals surface area contributed by atoms with Crippen LogP contribution in [0.2, 0.25) is 12.6 Å². The number of hydrogen-bond donors (Lipinski definition) is 0. The fourth-order valence-electron chi connectivity index (χ4n) is 0.879. The molecule has 1 heterocycles. The Kier molecular flexibility index (Phi) is 1.74. The lowest BCUT2D eigenvalue weighted by Crippen LogP contribution is -2.12. The smallest absolute Gasteiger partial charge is 0.187 e. The third-order valence-corrected chi connectivity index (χ3v) is 1.56. The van der Waals surface area contributed by atoms with Crippen LogP contribution in [0.15, 0.2) is 24.2 Å². The molecule has 1 nitrogen and oxygen atoms in total. The zero-order chi connectivity index (χ0) is 6.69. The van der Waals surface area contributed by atoms with Crippen molar-refractivity contribution in [1.29, 1.82) is 5.26 Å². The maximum atomic E-state index is 8.53. The quantitative estimate of drug-likeness (QED) is 0.442. The van der Waals surface area contributed by atoms with Gasteiger partial charge in [0.2, 0.25) is 0 Å². The van der Waals surface area contributed by atoms with Crippen LogP contribution >= 0.6 is 0 Å². The molecule has 0 fully saturated rings. The Morgan fingerprint density at radius 2 is 2.33 bits per heavy atom. The van der Waals surface area contributed by atoms with Crippen molar-refractivity contribution >= 4 is 6.71 Å². The summed E-state index contributed by atoms with van der Waals surface area (Å²) in [5.41, 5.74) is 0. The van der Waals surface area contributed by atoms with Gasteiger partial charge in [0.25, 0.3) is 0 Å². The summed E-state index contributed by atoms with van der Waals surface area (Å²) in [6, 6.07) is 2.22. The standard InChI is InChI=1S/C7H8BN/c1-8-5-3-2-4-7(8)6-9/h2-5,7H,1H3. The summed E-state index contributed by atoms with van der Waals surface area (Å²) >= 11 is 0. The Balaban J connectivity index is 2.68. The molecule has 9 heavy (non-hydrogen) atoms. The second kappa shape index (κ2) is 2.54. The van der Waals surface area contributed by atoms with E-state index in [4.69, 9.17) is 5.26 Å². The van der Waals surface area contributed by atoms with E-state index in [1.54, 1.807) is 0 Å². The first-order valence-corrected chi connectivity index (χ1v) is 3.09. The Hall–Kier alpha value is -0.965. The van der Waals surface area contributed by atoms with E-state index in [1.807, 2.05) is 31.0 Å². The van der Waals surface area contributed by atoms with Crippen molar-refractivity contribution in [1.82, 2.24) is 0 Å². The third-order valence-electron chi connectivity index (χ3n) is 1.56. The average molecular weight is 117 g/mol. The average Bonchev–Trinajstić information content (AvgIpc) is 1.89. The van der Waals surface area contributed by atoms with Gasteiger partial charge in [-0.25, -0.2) is 0 Å². The molecule has 1 atom stereocenters. The Bertz CT molecular complexity index is 188. The molecular weight excluding hydrogens is 109 g/mol. The number of hydrogen-bond acceptors (Lipinski definition) is 1. The SMILES string of the molecule is CB1C=CC=CC1C#N. The topological polar surface area (TPSA) is 23.8 Å². The van der Waals surface area contributed by atoms with Crippen molar-refractivity contribution < 1.29 is 0 Å². The molecule has 0 aromatic carbocycles. The highest BCUT2D eigenvalue weighted by Gasteiger charge is 2.15. The van der Waals surface area contributed by atoms with Gasteiger partial charge in [-0.05, 0) is 0 Å². The zero-order valence-electron chi connectivity index (χ0n) is 5.41. The number of nitrogens with zero attached hydrogens (tertiary/aromatic N) is 1. The molecule has 2 heteroatoms. The molecule has 0 radical (unpaired) electrons. The van der Waals surface area contributed by atoms with Crippen LogP contribution in [0.5, 0.6) is 0 Å². The van der Waals surface area contributed by atoms with E-state index in [2.05, 4.69) is 6.07 Å². The summed E-state index contributed by atoms with van der Waals surface area (Å²) < 4.78 is 0. The summed E-state index contributed by atoms with van der Waals surface area (Å²) in [6.45, 7) is 2.44. The first kappa shape index (κ1) is 6.16. The van der Waals surface area contributed by atoms with Crippen molar-refractivity contribution in [2.45, 2.75) is 12.6 Å². The molecule has 0 amide bonds. The van der Waals surface area contributed by atoms with Gasteiger partial charge >= 0.3 is 0 Å². The number of allylic oxidation sites excluding steroid dienone is 3. The molecule has 1 rings (SSSR count). The van der Waals surface area contributed by atoms with E-state index < -0.39 is 0 Å². The van der Waals surface area contributed by atoms with Crippen LogP contribution in [0.4, 0.5) is 0 Å². The molecule has 1 aliphatic rings. The van der Waals surface area contributed by atoms with Gasteiger partial charge in [-0.3, -0.25) is 0 Å². The predicted octanol–water partition coefficient (Wildman–Crippen LogP) is 1.67. The van der Waals surface area contributed by atoms with Gasteiger partial charge < -0.3 is 0 Å². The number of nitriles is 1. The van der Waals surface area contributed by atoms with Gasteiger partial charge in [-0.15, -0.1) is 5.98 Å². The van der Waals surface area contributed by atoms with E-state index in [0.29, 0.717) is 6.71 Å². The Morgan fingerprint density at radius 1 is 1.56 bits per heavy atom. The summed E-state index contributed by atoms with van der Waals surface area (Å²) in [6.07, 6.45) is 5.84. The van der Waals surface area contributed by atoms with Crippen LogP contribution in [-0.2, 0) is 0 Å². The summed E-state index contributed by atoms with van der Waals surface area (Å²) in [5.74, 6) is 2.14. The van der Waals surface area contributed by atoms with E-state index in [1.165, 1.54) is 0 Å². The monoisotopic (exact) mass is 117 g/mol. The highest BCUT2D eigenvalue weighted by atomic mass is 14.2. The van der Waals surface area contributed by atoms with Gasteiger partial charge in [0.1, 0.15) is 0 Å². The fourth-order valence-corrected chi connectivity index (χ4v) is 0.879. The molecular formula is C7H8BN. The largest absolute Gasteiger partial charge is 0.198 e. The van der Waals surface area contributed by atoms with Gasteiger partial charge in [0.15, 0.2) is 6.71 Å². The van der Waals surface area contributed by atoms with Crippen molar-refractivity contribution in [3.8, 4) is 6.07 Å². The van der Waals surface area contributed by atoms with Crippen LogP contribution < -0.4 is 0 Å². The van der Waals surface area contributed by atoms with Crippen molar-refractivity contribution in [2.75, 3.05) is 0 Å². The van der Waals surface area contributed by atoms with E-state index in [9.17, 15) is 0 Å². The van der Waals surface area contributed by atoms with Crippen LogP contribution in [0.25, 0.3) is 0 Å². The molecule has 0 aliphatic carbocycles. The van der Waals surface area contributed by atoms with Crippen LogP contribution in [0, 0.1) is 11.3 Å². The molecule has 0 saturated carbocycles. The van der Waals surface area contributed by atoms with Crippen LogP contribution in [0.1, 0.15) is 0 Å². The Morgan fingerprint density at radius 3 is 2.78 bits per heavy atom. The number of rotatable bonds is 0. The van der Waals surface area contributed by atoms with E-state index in [0.717, 1.165) is 0 Å². The normalized spacial score (nSPS) is 24.0. The van der Waals surface area contributed by atoms with E-state index in [-0.39, 0.29) is 5.82 Å². The van der Waals surface area contributed by atoms with E-state index >= 15 is 0 Å². The highest BCUT2D eigenvalue weighted by molar-refractivity contribution is 6.66. The second-order valence-electron chi connectivity index (χ2n) is 2.28. The minimum Gasteiger partial charge on any atom is -0.198 e. The lowest BCUT2D eigenvalue weighted by atomic mass is 9.42. The molecule has 1 unspecified atom stereocenters. The maximum absolute atomic E-state index is 8.53. The first-order valence-electron chi connectivity index (χ1n) is 3.09. The first-order chi connectivity index (χ1) is 4.34. The summed E-state index contributed by atoms with van der Waals surface area (Å²) in [4.78, 5) is 0. The lowest BCUT2D eigenvalue weighted by Gasteiger charge is -2.07. The van der Waals surface area contributed by atoms with Crippen molar-refractivity contribution in [3.05, 3.63) is 24.2 Å². The third kappa shape index (κ3) is 1.23. The lowest BCUT2D eigenvalue weighted by molar-refractivity contribution is 1.29.